The highest BCUT2D eigenvalue weighted by atomic mass is 19.4. The van der Waals surface area contributed by atoms with E-state index in [-0.39, 0.29) is 31.5 Å². The molecule has 1 saturated carbocycles. The smallest absolute Gasteiger partial charge is 0.336 e. The maximum atomic E-state index is 13.2. The largest absolute Gasteiger partial charge is 0.398 e. The van der Waals surface area contributed by atoms with Crippen LogP contribution in [0.1, 0.15) is 63.5 Å². The van der Waals surface area contributed by atoms with Crippen molar-refractivity contribution < 1.29 is 18.0 Å². The van der Waals surface area contributed by atoms with Crippen molar-refractivity contribution >= 4 is 6.03 Å². The van der Waals surface area contributed by atoms with Gasteiger partial charge in [0.05, 0.1) is 5.41 Å². The molecule has 0 aromatic heterocycles. The van der Waals surface area contributed by atoms with Gasteiger partial charge in [-0.2, -0.15) is 13.2 Å². The Morgan fingerprint density at radius 2 is 2.00 bits per heavy atom. The monoisotopic (exact) mass is 356 g/mol. The number of nitrogens with one attached hydrogen (secondary N) is 2. The molecule has 0 aliphatic heterocycles. The average Bonchev–Trinajstić information content (AvgIpc) is 3.35. The fourth-order valence-electron chi connectivity index (χ4n) is 3.07. The lowest BCUT2D eigenvalue weighted by Gasteiger charge is -2.20. The van der Waals surface area contributed by atoms with Gasteiger partial charge in [0.2, 0.25) is 0 Å². The van der Waals surface area contributed by atoms with Crippen molar-refractivity contribution in [2.24, 2.45) is 0 Å². The second-order valence-electron chi connectivity index (χ2n) is 7.00. The van der Waals surface area contributed by atoms with Crippen LogP contribution in [0.25, 0.3) is 0 Å². The molecular weight excluding hydrogens is 329 g/mol. The summed E-state index contributed by atoms with van der Waals surface area (Å²) in [6.45, 7) is 4.30. The number of urea groups is 1. The molecule has 0 radical (unpaired) electrons. The van der Waals surface area contributed by atoms with Crippen LogP contribution in [-0.4, -0.2) is 18.2 Å². The molecule has 1 aliphatic carbocycles. The SMILES string of the molecule is CCCCCC(C)NC(=O)NCc1cccc(C2(C(F)(F)F)CC2)c1. The first kappa shape index (κ1) is 19.6. The summed E-state index contributed by atoms with van der Waals surface area (Å²) in [6.07, 6.45) is 0.330. The van der Waals surface area contributed by atoms with Crippen LogP contribution in [-0.2, 0) is 12.0 Å². The molecule has 0 heterocycles. The van der Waals surface area contributed by atoms with Crippen LogP contribution in [0.5, 0.6) is 0 Å². The lowest BCUT2D eigenvalue weighted by atomic mass is 9.94. The van der Waals surface area contributed by atoms with Gasteiger partial charge in [0.1, 0.15) is 0 Å². The summed E-state index contributed by atoms with van der Waals surface area (Å²) in [6, 6.07) is 6.25. The minimum absolute atomic E-state index is 0.0813. The first-order valence-electron chi connectivity index (χ1n) is 8.99. The molecule has 1 aromatic rings. The van der Waals surface area contributed by atoms with Crippen LogP contribution in [0, 0.1) is 0 Å². The summed E-state index contributed by atoms with van der Waals surface area (Å²) in [5.41, 5.74) is -0.701. The number of halogens is 3. The summed E-state index contributed by atoms with van der Waals surface area (Å²) in [5, 5.41) is 5.59. The fourth-order valence-corrected chi connectivity index (χ4v) is 3.07. The van der Waals surface area contributed by atoms with E-state index in [1.165, 1.54) is 6.07 Å². The van der Waals surface area contributed by atoms with Crippen molar-refractivity contribution in [2.75, 3.05) is 0 Å². The first-order chi connectivity index (χ1) is 11.8. The number of amides is 2. The molecule has 1 aliphatic rings. The number of hydrogen-bond acceptors (Lipinski definition) is 1. The molecule has 140 valence electrons. The van der Waals surface area contributed by atoms with E-state index < -0.39 is 11.6 Å². The summed E-state index contributed by atoms with van der Waals surface area (Å²) in [7, 11) is 0. The standard InChI is InChI=1S/C19H27F3N2O/c1-3-4-5-7-14(2)24-17(25)23-13-15-8-6-9-16(12-15)18(10-11-18)19(20,21)22/h6,8-9,12,14H,3-5,7,10-11,13H2,1-2H3,(H2,23,24,25). The quantitative estimate of drug-likeness (QED) is 0.629. The fraction of sp³-hybridized carbons (Fsp3) is 0.632. The van der Waals surface area contributed by atoms with E-state index in [1.54, 1.807) is 18.2 Å². The summed E-state index contributed by atoms with van der Waals surface area (Å²) in [4.78, 5) is 11.9. The Morgan fingerprint density at radius 3 is 2.60 bits per heavy atom. The molecular formula is C19H27F3N2O. The van der Waals surface area contributed by atoms with Crippen molar-refractivity contribution in [1.82, 2.24) is 10.6 Å². The maximum Gasteiger partial charge on any atom is 0.398 e. The Morgan fingerprint density at radius 1 is 1.28 bits per heavy atom. The van der Waals surface area contributed by atoms with Crippen molar-refractivity contribution in [3.8, 4) is 0 Å². The van der Waals surface area contributed by atoms with Crippen molar-refractivity contribution in [3.05, 3.63) is 35.4 Å². The van der Waals surface area contributed by atoms with Gasteiger partial charge in [-0.15, -0.1) is 0 Å². The number of alkyl halides is 3. The summed E-state index contributed by atoms with van der Waals surface area (Å²) in [5.74, 6) is 0. The van der Waals surface area contributed by atoms with E-state index >= 15 is 0 Å². The number of rotatable bonds is 8. The van der Waals surface area contributed by atoms with Gasteiger partial charge in [-0.1, -0.05) is 50.5 Å². The molecule has 1 unspecified atom stereocenters. The Kier molecular flexibility index (Phi) is 6.36. The second-order valence-corrected chi connectivity index (χ2v) is 7.00. The average molecular weight is 356 g/mol. The second kappa shape index (κ2) is 8.11. The van der Waals surface area contributed by atoms with Gasteiger partial charge in [0.25, 0.3) is 0 Å². The van der Waals surface area contributed by atoms with E-state index in [2.05, 4.69) is 17.6 Å². The predicted molar refractivity (Wildman–Crippen MR) is 92.4 cm³/mol. The Hall–Kier alpha value is -1.72. The normalized spacial score (nSPS) is 17.0. The zero-order valence-corrected chi connectivity index (χ0v) is 14.9. The first-order valence-corrected chi connectivity index (χ1v) is 8.99. The molecule has 6 heteroatoms. The molecule has 1 fully saturated rings. The van der Waals surface area contributed by atoms with E-state index in [9.17, 15) is 18.0 Å². The number of carbonyl (C=O) groups is 1. The van der Waals surface area contributed by atoms with Gasteiger partial charge in [-0.3, -0.25) is 0 Å². The van der Waals surface area contributed by atoms with E-state index in [1.807, 2.05) is 6.92 Å². The molecule has 25 heavy (non-hydrogen) atoms. The van der Waals surface area contributed by atoms with E-state index in [4.69, 9.17) is 0 Å². The third kappa shape index (κ3) is 5.13. The van der Waals surface area contributed by atoms with Crippen molar-refractivity contribution in [1.29, 1.82) is 0 Å². The van der Waals surface area contributed by atoms with Crippen LogP contribution in [0.2, 0.25) is 0 Å². The van der Waals surface area contributed by atoms with Gasteiger partial charge in [-0.05, 0) is 37.3 Å². The lowest BCUT2D eigenvalue weighted by Crippen LogP contribution is -2.40. The van der Waals surface area contributed by atoms with Crippen molar-refractivity contribution in [3.63, 3.8) is 0 Å². The molecule has 2 rings (SSSR count). The highest BCUT2D eigenvalue weighted by Crippen LogP contribution is 2.58. The number of hydrogen-bond donors (Lipinski definition) is 2. The molecule has 1 atom stereocenters. The third-order valence-corrected chi connectivity index (χ3v) is 4.84. The Balaban J connectivity index is 1.86. The number of benzene rings is 1. The maximum absolute atomic E-state index is 13.2. The van der Waals surface area contributed by atoms with E-state index in [0.29, 0.717) is 11.1 Å². The minimum Gasteiger partial charge on any atom is -0.336 e. The van der Waals surface area contributed by atoms with Gasteiger partial charge >= 0.3 is 12.2 Å². The molecule has 2 amide bonds. The Labute approximate surface area is 147 Å². The van der Waals surface area contributed by atoms with Crippen molar-refractivity contribution in [2.45, 2.75) is 76.6 Å². The predicted octanol–water partition coefficient (Wildman–Crippen LogP) is 5.05. The summed E-state index contributed by atoms with van der Waals surface area (Å²) >= 11 is 0. The van der Waals surface area contributed by atoms with Gasteiger partial charge in [0.15, 0.2) is 0 Å². The minimum atomic E-state index is -4.22. The molecule has 3 nitrogen and oxygen atoms in total. The van der Waals surface area contributed by atoms with Gasteiger partial charge < -0.3 is 10.6 Å². The molecule has 2 N–H and O–H groups in total. The zero-order chi connectivity index (χ0) is 18.5. The van der Waals surface area contributed by atoms with Crippen LogP contribution < -0.4 is 10.6 Å². The molecule has 0 saturated heterocycles. The van der Waals surface area contributed by atoms with Gasteiger partial charge in [-0.25, -0.2) is 4.79 Å². The molecule has 0 bridgehead atoms. The molecule has 0 spiro atoms. The zero-order valence-electron chi connectivity index (χ0n) is 14.9. The topological polar surface area (TPSA) is 41.1 Å². The molecule has 1 aromatic carbocycles. The highest BCUT2D eigenvalue weighted by molar-refractivity contribution is 5.74. The van der Waals surface area contributed by atoms with Crippen LogP contribution in [0.3, 0.4) is 0 Å². The highest BCUT2D eigenvalue weighted by Gasteiger charge is 2.64. The number of carbonyl (C=O) groups excluding carboxylic acids is 1. The van der Waals surface area contributed by atoms with Crippen LogP contribution >= 0.6 is 0 Å². The lowest BCUT2D eigenvalue weighted by molar-refractivity contribution is -0.160. The third-order valence-electron chi connectivity index (χ3n) is 4.84. The van der Waals surface area contributed by atoms with E-state index in [0.717, 1.165) is 25.7 Å². The van der Waals surface area contributed by atoms with Gasteiger partial charge in [0, 0.05) is 12.6 Å². The Bertz CT molecular complexity index is 582. The van der Waals surface area contributed by atoms with Crippen LogP contribution in [0.15, 0.2) is 24.3 Å². The number of unbranched alkanes of at least 4 members (excludes halogenated alkanes) is 2. The summed E-state index contributed by atoms with van der Waals surface area (Å²) < 4.78 is 39.7. The van der Waals surface area contributed by atoms with Crippen LogP contribution in [0.4, 0.5) is 18.0 Å².